The molecule has 1 N–H and O–H groups in total. The van der Waals surface area contributed by atoms with Crippen molar-refractivity contribution in [1.82, 2.24) is 10.2 Å². The van der Waals surface area contributed by atoms with Crippen molar-refractivity contribution in [3.63, 3.8) is 0 Å². The Bertz CT molecular complexity index is 621. The zero-order valence-corrected chi connectivity index (χ0v) is 15.2. The molecule has 2 atom stereocenters. The van der Waals surface area contributed by atoms with E-state index in [1.165, 1.54) is 6.42 Å². The molecule has 2 aromatic carbocycles. The van der Waals surface area contributed by atoms with E-state index in [1.54, 1.807) is 0 Å². The fourth-order valence-corrected chi connectivity index (χ4v) is 3.98. The van der Waals surface area contributed by atoms with Crippen LogP contribution in [0.2, 0.25) is 0 Å². The molecule has 1 heterocycles. The molecule has 1 aliphatic heterocycles. The summed E-state index contributed by atoms with van der Waals surface area (Å²) in [5, 5.41) is 3.25. The molecule has 0 aliphatic carbocycles. The number of hydrogen-bond acceptors (Lipinski definition) is 2. The Morgan fingerprint density at radius 3 is 1.92 bits per heavy atom. The molecule has 1 aliphatic rings. The SMILES string of the molecule is C[C@@H]1C[C@H](C)CN(CC(=O)NC(c2ccccc2)c2ccccc2)C1. The van der Waals surface area contributed by atoms with Crippen molar-refractivity contribution in [3.8, 4) is 0 Å². The lowest BCUT2D eigenvalue weighted by Crippen LogP contribution is -2.45. The van der Waals surface area contributed by atoms with Crippen molar-refractivity contribution in [2.24, 2.45) is 11.8 Å². The van der Waals surface area contributed by atoms with Gasteiger partial charge in [-0.15, -0.1) is 0 Å². The number of nitrogens with one attached hydrogen (secondary N) is 1. The maximum absolute atomic E-state index is 12.7. The van der Waals surface area contributed by atoms with Gasteiger partial charge in [-0.25, -0.2) is 0 Å². The van der Waals surface area contributed by atoms with Crippen molar-refractivity contribution in [1.29, 1.82) is 0 Å². The second-order valence-electron chi connectivity index (χ2n) is 7.46. The highest BCUT2D eigenvalue weighted by molar-refractivity contribution is 5.79. The maximum atomic E-state index is 12.7. The minimum absolute atomic E-state index is 0.0963. The summed E-state index contributed by atoms with van der Waals surface area (Å²) >= 11 is 0. The Labute approximate surface area is 151 Å². The van der Waals surface area contributed by atoms with Gasteiger partial charge in [0.15, 0.2) is 0 Å². The number of benzene rings is 2. The molecule has 1 amide bonds. The van der Waals surface area contributed by atoms with Crippen LogP contribution in [0.5, 0.6) is 0 Å². The molecule has 25 heavy (non-hydrogen) atoms. The second-order valence-corrected chi connectivity index (χ2v) is 7.46. The van der Waals surface area contributed by atoms with Crippen LogP contribution >= 0.6 is 0 Å². The van der Waals surface area contributed by atoms with Gasteiger partial charge in [0.2, 0.25) is 5.91 Å². The molecular formula is C22H28N2O. The summed E-state index contributed by atoms with van der Waals surface area (Å²) in [6, 6.07) is 20.3. The third-order valence-corrected chi connectivity index (χ3v) is 4.88. The highest BCUT2D eigenvalue weighted by Gasteiger charge is 2.24. The Balaban J connectivity index is 1.71. The average molecular weight is 336 g/mol. The molecule has 0 saturated carbocycles. The first kappa shape index (κ1) is 17.7. The first-order chi connectivity index (χ1) is 12.1. The first-order valence-electron chi connectivity index (χ1n) is 9.23. The van der Waals surface area contributed by atoms with Gasteiger partial charge in [-0.05, 0) is 29.4 Å². The zero-order valence-electron chi connectivity index (χ0n) is 15.2. The summed E-state index contributed by atoms with van der Waals surface area (Å²) < 4.78 is 0. The Morgan fingerprint density at radius 2 is 1.44 bits per heavy atom. The van der Waals surface area contributed by atoms with Crippen LogP contribution in [0.15, 0.2) is 60.7 Å². The van der Waals surface area contributed by atoms with Crippen molar-refractivity contribution in [2.75, 3.05) is 19.6 Å². The standard InChI is InChI=1S/C22H28N2O/c1-17-13-18(2)15-24(14-17)16-21(25)23-22(19-9-5-3-6-10-19)20-11-7-4-8-12-20/h3-12,17-18,22H,13-16H2,1-2H3,(H,23,25)/t17-,18+. The lowest BCUT2D eigenvalue weighted by molar-refractivity contribution is -0.123. The Morgan fingerprint density at radius 1 is 0.960 bits per heavy atom. The number of carbonyl (C=O) groups excluding carboxylic acids is 1. The largest absolute Gasteiger partial charge is 0.344 e. The lowest BCUT2D eigenvalue weighted by atomic mass is 9.92. The molecule has 132 valence electrons. The number of rotatable bonds is 5. The van der Waals surface area contributed by atoms with Crippen LogP contribution in [0, 0.1) is 11.8 Å². The number of hydrogen-bond donors (Lipinski definition) is 1. The molecule has 3 rings (SSSR count). The third-order valence-electron chi connectivity index (χ3n) is 4.88. The minimum atomic E-state index is -0.102. The smallest absolute Gasteiger partial charge is 0.234 e. The average Bonchev–Trinajstić information content (AvgIpc) is 2.60. The fraction of sp³-hybridized carbons (Fsp3) is 0.409. The van der Waals surface area contributed by atoms with Crippen LogP contribution < -0.4 is 5.32 Å². The monoisotopic (exact) mass is 336 g/mol. The summed E-state index contributed by atoms with van der Waals surface area (Å²) in [5.74, 6) is 1.42. The van der Waals surface area contributed by atoms with Crippen LogP contribution in [0.4, 0.5) is 0 Å². The number of nitrogens with zero attached hydrogens (tertiary/aromatic N) is 1. The molecule has 0 radical (unpaired) electrons. The number of likely N-dealkylation sites (tertiary alicyclic amines) is 1. The summed E-state index contributed by atoms with van der Waals surface area (Å²) in [7, 11) is 0. The van der Waals surface area contributed by atoms with Gasteiger partial charge in [-0.1, -0.05) is 74.5 Å². The first-order valence-corrected chi connectivity index (χ1v) is 9.23. The van der Waals surface area contributed by atoms with Crippen molar-refractivity contribution in [2.45, 2.75) is 26.3 Å². The number of piperidine rings is 1. The third kappa shape index (κ3) is 4.93. The van der Waals surface area contributed by atoms with E-state index < -0.39 is 0 Å². The van der Waals surface area contributed by atoms with Gasteiger partial charge >= 0.3 is 0 Å². The summed E-state index contributed by atoms with van der Waals surface area (Å²) in [6.07, 6.45) is 1.26. The molecule has 3 nitrogen and oxygen atoms in total. The summed E-state index contributed by atoms with van der Waals surface area (Å²) in [4.78, 5) is 15.0. The molecular weight excluding hydrogens is 308 g/mol. The zero-order chi connectivity index (χ0) is 17.6. The van der Waals surface area contributed by atoms with E-state index in [4.69, 9.17) is 0 Å². The van der Waals surface area contributed by atoms with E-state index in [0.29, 0.717) is 18.4 Å². The molecule has 1 fully saturated rings. The van der Waals surface area contributed by atoms with Crippen molar-refractivity contribution < 1.29 is 4.79 Å². The van der Waals surface area contributed by atoms with Crippen molar-refractivity contribution >= 4 is 5.91 Å². The number of amides is 1. The van der Waals surface area contributed by atoms with Gasteiger partial charge in [-0.2, -0.15) is 0 Å². The lowest BCUT2D eigenvalue weighted by Gasteiger charge is -2.34. The van der Waals surface area contributed by atoms with E-state index in [1.807, 2.05) is 36.4 Å². The summed E-state index contributed by atoms with van der Waals surface area (Å²) in [6.45, 7) is 7.05. The van der Waals surface area contributed by atoms with Gasteiger partial charge in [0, 0.05) is 13.1 Å². The predicted octanol–water partition coefficient (Wildman–Crippen LogP) is 3.87. The van der Waals surface area contributed by atoms with Gasteiger partial charge in [0.05, 0.1) is 12.6 Å². The summed E-state index contributed by atoms with van der Waals surface area (Å²) in [5.41, 5.74) is 2.23. The maximum Gasteiger partial charge on any atom is 0.234 e. The number of carbonyl (C=O) groups is 1. The van der Waals surface area contributed by atoms with E-state index in [-0.39, 0.29) is 11.9 Å². The normalized spacial score (nSPS) is 21.2. The molecule has 0 aromatic heterocycles. The Kier molecular flexibility index (Phi) is 5.87. The highest BCUT2D eigenvalue weighted by atomic mass is 16.2. The van der Waals surface area contributed by atoms with E-state index >= 15 is 0 Å². The second kappa shape index (κ2) is 8.30. The topological polar surface area (TPSA) is 32.3 Å². The van der Waals surface area contributed by atoms with Crippen LogP contribution in [0.3, 0.4) is 0 Å². The molecule has 0 unspecified atom stereocenters. The van der Waals surface area contributed by atoms with E-state index in [9.17, 15) is 4.79 Å². The van der Waals surface area contributed by atoms with Crippen LogP contribution in [0.1, 0.15) is 37.4 Å². The van der Waals surface area contributed by atoms with E-state index in [2.05, 4.69) is 48.3 Å². The highest BCUT2D eigenvalue weighted by Crippen LogP contribution is 2.23. The van der Waals surface area contributed by atoms with Crippen LogP contribution in [0.25, 0.3) is 0 Å². The molecule has 0 spiro atoms. The van der Waals surface area contributed by atoms with E-state index in [0.717, 1.165) is 24.2 Å². The Hall–Kier alpha value is -2.13. The predicted molar refractivity (Wildman–Crippen MR) is 102 cm³/mol. The molecule has 3 heteroatoms. The minimum Gasteiger partial charge on any atom is -0.344 e. The quantitative estimate of drug-likeness (QED) is 0.899. The van der Waals surface area contributed by atoms with Crippen LogP contribution in [-0.2, 0) is 4.79 Å². The molecule has 2 aromatic rings. The van der Waals surface area contributed by atoms with Gasteiger partial charge < -0.3 is 5.32 Å². The van der Waals surface area contributed by atoms with Gasteiger partial charge in [0.1, 0.15) is 0 Å². The van der Waals surface area contributed by atoms with Crippen molar-refractivity contribution in [3.05, 3.63) is 71.8 Å². The molecule has 0 bridgehead atoms. The molecule has 1 saturated heterocycles. The fourth-order valence-electron chi connectivity index (χ4n) is 3.98. The van der Waals surface area contributed by atoms with Gasteiger partial charge in [-0.3, -0.25) is 9.69 Å². The van der Waals surface area contributed by atoms with Gasteiger partial charge in [0.25, 0.3) is 0 Å². The van der Waals surface area contributed by atoms with Crippen LogP contribution in [-0.4, -0.2) is 30.4 Å².